The van der Waals surface area contributed by atoms with Crippen molar-refractivity contribution in [3.63, 3.8) is 0 Å². The average molecular weight is 188 g/mol. The van der Waals surface area contributed by atoms with Crippen LogP contribution in [0.2, 0.25) is 0 Å². The van der Waals surface area contributed by atoms with Crippen LogP contribution in [0.4, 0.5) is 0 Å². The van der Waals surface area contributed by atoms with Gasteiger partial charge in [0, 0.05) is 0 Å². The highest BCUT2D eigenvalue weighted by atomic mass is 15.0. The normalized spacial score (nSPS) is 13.2. The van der Waals surface area contributed by atoms with E-state index in [0.717, 1.165) is 25.9 Å². The van der Waals surface area contributed by atoms with Crippen molar-refractivity contribution < 1.29 is 0 Å². The Morgan fingerprint density at radius 1 is 0.923 bits per heavy atom. The minimum atomic E-state index is 0.0690. The Bertz CT molecular complexity index is 97.6. The van der Waals surface area contributed by atoms with Crippen LogP contribution in [0.15, 0.2) is 0 Å². The third-order valence-corrected chi connectivity index (χ3v) is 2.02. The molecule has 0 aromatic rings. The van der Waals surface area contributed by atoms with Crippen LogP contribution in [0.3, 0.4) is 0 Å². The first-order valence-corrected chi connectivity index (χ1v) is 5.20. The molecule has 0 fully saturated rings. The van der Waals surface area contributed by atoms with Crippen LogP contribution in [-0.2, 0) is 0 Å². The third kappa shape index (κ3) is 9.76. The Hall–Kier alpha value is -0.160. The van der Waals surface area contributed by atoms with E-state index < -0.39 is 0 Å². The first-order valence-electron chi connectivity index (χ1n) is 5.20. The quantitative estimate of drug-likeness (QED) is 0.296. The van der Waals surface area contributed by atoms with E-state index in [-0.39, 0.29) is 6.17 Å². The fraction of sp³-hybridized carbons (Fsp3) is 1.00. The Kier molecular flexibility index (Phi) is 9.80. The fourth-order valence-electron chi connectivity index (χ4n) is 1.19. The highest BCUT2D eigenvalue weighted by Gasteiger charge is 1.97. The molecule has 0 aliphatic heterocycles. The van der Waals surface area contributed by atoms with E-state index in [1.165, 1.54) is 19.3 Å². The van der Waals surface area contributed by atoms with E-state index in [4.69, 9.17) is 17.2 Å². The van der Waals surface area contributed by atoms with Gasteiger partial charge >= 0.3 is 0 Å². The summed E-state index contributed by atoms with van der Waals surface area (Å²) in [6.07, 6.45) is 5.69. The maximum Gasteiger partial charge on any atom is 0.0558 e. The number of hydrogen-bond donors (Lipinski definition) is 4. The molecule has 0 aromatic carbocycles. The maximum absolute atomic E-state index is 5.71. The Morgan fingerprint density at radius 3 is 2.23 bits per heavy atom. The molecule has 0 amide bonds. The maximum atomic E-state index is 5.71. The summed E-state index contributed by atoms with van der Waals surface area (Å²) in [6, 6.07) is 0. The van der Waals surface area contributed by atoms with Gasteiger partial charge in [0.1, 0.15) is 0 Å². The molecule has 0 aliphatic carbocycles. The molecule has 0 heterocycles. The van der Waals surface area contributed by atoms with Crippen molar-refractivity contribution in [3.05, 3.63) is 0 Å². The average Bonchev–Trinajstić information content (AvgIpc) is 2.11. The fourth-order valence-corrected chi connectivity index (χ4v) is 1.19. The van der Waals surface area contributed by atoms with Crippen LogP contribution in [-0.4, -0.2) is 25.8 Å². The second kappa shape index (κ2) is 9.92. The second-order valence-electron chi connectivity index (χ2n) is 3.34. The number of nitrogens with one attached hydrogen (secondary N) is 1. The number of unbranched alkanes of at least 4 members (excludes halogenated alkanes) is 3. The van der Waals surface area contributed by atoms with Crippen LogP contribution in [0, 0.1) is 0 Å². The minimum absolute atomic E-state index is 0.0690. The van der Waals surface area contributed by atoms with E-state index in [0.29, 0.717) is 6.54 Å². The third-order valence-electron chi connectivity index (χ3n) is 2.02. The summed E-state index contributed by atoms with van der Waals surface area (Å²) in [5.74, 6) is 0. The highest BCUT2D eigenvalue weighted by molar-refractivity contribution is 4.59. The van der Waals surface area contributed by atoms with E-state index in [1.54, 1.807) is 0 Å². The smallest absolute Gasteiger partial charge is 0.0558 e. The molecule has 0 aromatic heterocycles. The van der Waals surface area contributed by atoms with E-state index in [2.05, 4.69) is 5.32 Å². The first kappa shape index (κ1) is 12.8. The molecule has 0 spiro atoms. The summed E-state index contributed by atoms with van der Waals surface area (Å²) in [6.45, 7) is 2.45. The molecule has 0 aliphatic rings. The second-order valence-corrected chi connectivity index (χ2v) is 3.34. The van der Waals surface area contributed by atoms with Crippen LogP contribution >= 0.6 is 0 Å². The molecule has 1 atom stereocenters. The SMILES string of the molecule is NCCCCCCNC(N)CCN. The van der Waals surface area contributed by atoms with Crippen molar-refractivity contribution >= 4 is 0 Å². The van der Waals surface area contributed by atoms with Crippen LogP contribution in [0.5, 0.6) is 0 Å². The summed E-state index contributed by atoms with van der Waals surface area (Å²) in [7, 11) is 0. The topological polar surface area (TPSA) is 90.1 Å². The number of rotatable bonds is 9. The Morgan fingerprint density at radius 2 is 1.62 bits per heavy atom. The van der Waals surface area contributed by atoms with Gasteiger partial charge in [0.25, 0.3) is 0 Å². The van der Waals surface area contributed by atoms with E-state index >= 15 is 0 Å². The van der Waals surface area contributed by atoms with Crippen LogP contribution in [0.25, 0.3) is 0 Å². The van der Waals surface area contributed by atoms with Crippen molar-refractivity contribution in [2.75, 3.05) is 19.6 Å². The number of hydrogen-bond acceptors (Lipinski definition) is 4. The van der Waals surface area contributed by atoms with Gasteiger partial charge in [0.15, 0.2) is 0 Å². The lowest BCUT2D eigenvalue weighted by molar-refractivity contribution is 0.482. The van der Waals surface area contributed by atoms with Gasteiger partial charge in [-0.05, 0) is 38.9 Å². The predicted molar refractivity (Wildman–Crippen MR) is 57.2 cm³/mol. The largest absolute Gasteiger partial charge is 0.330 e. The summed E-state index contributed by atoms with van der Waals surface area (Å²) in [5, 5.41) is 3.23. The molecule has 0 rings (SSSR count). The summed E-state index contributed by atoms with van der Waals surface area (Å²) < 4.78 is 0. The lowest BCUT2D eigenvalue weighted by atomic mass is 10.2. The van der Waals surface area contributed by atoms with Gasteiger partial charge in [-0.3, -0.25) is 0 Å². The molecule has 4 heteroatoms. The zero-order valence-electron chi connectivity index (χ0n) is 8.47. The zero-order valence-corrected chi connectivity index (χ0v) is 8.47. The molecule has 7 N–H and O–H groups in total. The Labute approximate surface area is 81.2 Å². The summed E-state index contributed by atoms with van der Waals surface area (Å²) >= 11 is 0. The number of nitrogens with two attached hydrogens (primary N) is 3. The molecule has 0 bridgehead atoms. The summed E-state index contributed by atoms with van der Waals surface area (Å²) in [5.41, 5.74) is 16.5. The molecular formula is C9H24N4. The van der Waals surface area contributed by atoms with Crippen molar-refractivity contribution in [1.29, 1.82) is 0 Å². The van der Waals surface area contributed by atoms with Gasteiger partial charge in [-0.15, -0.1) is 0 Å². The Balaban J connectivity index is 2.97. The van der Waals surface area contributed by atoms with Crippen molar-refractivity contribution in [1.82, 2.24) is 5.32 Å². The van der Waals surface area contributed by atoms with Gasteiger partial charge < -0.3 is 22.5 Å². The lowest BCUT2D eigenvalue weighted by Crippen LogP contribution is -2.39. The van der Waals surface area contributed by atoms with E-state index in [1.807, 2.05) is 0 Å². The van der Waals surface area contributed by atoms with Gasteiger partial charge in [0.2, 0.25) is 0 Å². The molecule has 4 nitrogen and oxygen atoms in total. The zero-order chi connectivity index (χ0) is 9.94. The van der Waals surface area contributed by atoms with Crippen LogP contribution < -0.4 is 22.5 Å². The minimum Gasteiger partial charge on any atom is -0.330 e. The van der Waals surface area contributed by atoms with Gasteiger partial charge in [0.05, 0.1) is 6.17 Å². The molecule has 80 valence electrons. The van der Waals surface area contributed by atoms with Crippen LogP contribution in [0.1, 0.15) is 32.1 Å². The van der Waals surface area contributed by atoms with E-state index in [9.17, 15) is 0 Å². The molecule has 0 saturated heterocycles. The molecule has 0 saturated carbocycles. The highest BCUT2D eigenvalue weighted by Crippen LogP contribution is 1.97. The monoisotopic (exact) mass is 188 g/mol. The van der Waals surface area contributed by atoms with Gasteiger partial charge in [-0.1, -0.05) is 12.8 Å². The van der Waals surface area contributed by atoms with Crippen molar-refractivity contribution in [2.45, 2.75) is 38.3 Å². The van der Waals surface area contributed by atoms with Gasteiger partial charge in [-0.25, -0.2) is 0 Å². The molecule has 13 heavy (non-hydrogen) atoms. The first-order chi connectivity index (χ1) is 6.31. The lowest BCUT2D eigenvalue weighted by Gasteiger charge is -2.11. The van der Waals surface area contributed by atoms with Gasteiger partial charge in [-0.2, -0.15) is 0 Å². The molecule has 0 radical (unpaired) electrons. The van der Waals surface area contributed by atoms with Crippen molar-refractivity contribution in [3.8, 4) is 0 Å². The standard InChI is InChI=1S/C9H24N4/c10-6-3-1-2-4-8-13-9(12)5-7-11/h9,13H,1-8,10-12H2. The molecule has 1 unspecified atom stereocenters. The predicted octanol–water partition coefficient (Wildman–Crippen LogP) is -0.271. The summed E-state index contributed by atoms with van der Waals surface area (Å²) in [4.78, 5) is 0. The van der Waals surface area contributed by atoms with Crippen molar-refractivity contribution in [2.24, 2.45) is 17.2 Å². The molecular weight excluding hydrogens is 164 g/mol.